The van der Waals surface area contributed by atoms with Crippen molar-refractivity contribution in [2.24, 2.45) is 5.92 Å². The Labute approximate surface area is 182 Å². The molecule has 1 aliphatic rings. The molecule has 2 aromatic heterocycles. The minimum atomic E-state index is 0.0130. The molecule has 2 atom stereocenters. The molecule has 7 heteroatoms. The van der Waals surface area contributed by atoms with Crippen LogP contribution in [0.1, 0.15) is 25.8 Å². The topological polar surface area (TPSA) is 79.3 Å². The van der Waals surface area contributed by atoms with Gasteiger partial charge in [0.2, 0.25) is 0 Å². The maximum Gasteiger partial charge on any atom is 0.324 e. The summed E-state index contributed by atoms with van der Waals surface area (Å²) in [6.07, 6.45) is 4.68. The van der Waals surface area contributed by atoms with E-state index in [0.29, 0.717) is 24.6 Å². The quantitative estimate of drug-likeness (QED) is 0.690. The van der Waals surface area contributed by atoms with E-state index in [-0.39, 0.29) is 12.1 Å². The number of likely N-dealkylation sites (tertiary alicyclic amines) is 1. The average Bonchev–Trinajstić information content (AvgIpc) is 3.29. The van der Waals surface area contributed by atoms with Crippen LogP contribution < -0.4 is 9.80 Å². The molecule has 0 radical (unpaired) electrons. The van der Waals surface area contributed by atoms with Gasteiger partial charge in [0.05, 0.1) is 11.6 Å². The fourth-order valence-corrected chi connectivity index (χ4v) is 4.47. The largest absolute Gasteiger partial charge is 0.369 e. The van der Waals surface area contributed by atoms with Gasteiger partial charge in [0, 0.05) is 61.9 Å². The second kappa shape index (κ2) is 8.68. The highest BCUT2D eigenvalue weighted by atomic mass is 16.2. The summed E-state index contributed by atoms with van der Waals surface area (Å²) in [6.45, 7) is 6.22. The summed E-state index contributed by atoms with van der Waals surface area (Å²) >= 11 is 0. The number of carbonyl (C=O) groups is 1. The Hall–Kier alpha value is -3.53. The number of aromatic nitrogens is 2. The SMILES string of the molecule is CCN(C(=O)N1CCC(C)C(N(C)c2ccnc3[nH]ccc23)C1)c1ccc(C#N)cc1. The van der Waals surface area contributed by atoms with Gasteiger partial charge in [-0.15, -0.1) is 0 Å². The lowest BCUT2D eigenvalue weighted by molar-refractivity contribution is 0.167. The molecule has 3 aromatic rings. The zero-order valence-corrected chi connectivity index (χ0v) is 18.2. The fraction of sp³-hybridized carbons (Fsp3) is 0.375. The van der Waals surface area contributed by atoms with Gasteiger partial charge in [0.15, 0.2) is 0 Å². The molecule has 0 bridgehead atoms. The number of aromatic amines is 1. The highest BCUT2D eigenvalue weighted by Crippen LogP contribution is 2.31. The molecule has 4 rings (SSSR count). The van der Waals surface area contributed by atoms with Crippen LogP contribution in [0, 0.1) is 17.2 Å². The number of H-pyrrole nitrogens is 1. The molecule has 1 saturated heterocycles. The molecule has 31 heavy (non-hydrogen) atoms. The van der Waals surface area contributed by atoms with E-state index in [0.717, 1.165) is 35.4 Å². The van der Waals surface area contributed by atoms with Crippen molar-refractivity contribution in [2.45, 2.75) is 26.3 Å². The van der Waals surface area contributed by atoms with Crippen molar-refractivity contribution >= 4 is 28.4 Å². The van der Waals surface area contributed by atoms with Gasteiger partial charge in [0.25, 0.3) is 0 Å². The monoisotopic (exact) mass is 416 g/mol. The molecular formula is C24H28N6O. The van der Waals surface area contributed by atoms with Crippen LogP contribution in [0.2, 0.25) is 0 Å². The molecule has 3 heterocycles. The number of nitrogens with zero attached hydrogens (tertiary/aromatic N) is 5. The van der Waals surface area contributed by atoms with Crippen LogP contribution in [0.5, 0.6) is 0 Å². The number of rotatable bonds is 4. The average molecular weight is 417 g/mol. The number of likely N-dealkylation sites (N-methyl/N-ethyl adjacent to an activating group) is 1. The van der Waals surface area contributed by atoms with Crippen molar-refractivity contribution in [3.05, 3.63) is 54.4 Å². The third-order valence-electron chi connectivity index (χ3n) is 6.36. The molecule has 2 amide bonds. The number of urea groups is 1. The number of nitrogens with one attached hydrogen (secondary N) is 1. The number of benzene rings is 1. The van der Waals surface area contributed by atoms with Crippen LogP contribution in [0.15, 0.2) is 48.8 Å². The number of piperidine rings is 1. The van der Waals surface area contributed by atoms with Crippen molar-refractivity contribution in [2.75, 3.05) is 36.5 Å². The van der Waals surface area contributed by atoms with Gasteiger partial charge in [0.1, 0.15) is 5.65 Å². The first-order chi connectivity index (χ1) is 15.0. The highest BCUT2D eigenvalue weighted by Gasteiger charge is 2.34. The van der Waals surface area contributed by atoms with Crippen molar-refractivity contribution < 1.29 is 4.79 Å². The third-order valence-corrected chi connectivity index (χ3v) is 6.36. The van der Waals surface area contributed by atoms with Gasteiger partial charge in [-0.3, -0.25) is 4.90 Å². The molecule has 0 spiro atoms. The Morgan fingerprint density at radius 2 is 2.06 bits per heavy atom. The molecule has 160 valence electrons. The zero-order chi connectivity index (χ0) is 22.0. The second-order valence-electron chi connectivity index (χ2n) is 8.15. The van der Waals surface area contributed by atoms with Crippen molar-refractivity contribution in [3.63, 3.8) is 0 Å². The normalized spacial score (nSPS) is 18.6. The summed E-state index contributed by atoms with van der Waals surface area (Å²) < 4.78 is 0. The predicted octanol–water partition coefficient (Wildman–Crippen LogP) is 4.23. The van der Waals surface area contributed by atoms with Crippen LogP contribution in [0.4, 0.5) is 16.2 Å². The van der Waals surface area contributed by atoms with E-state index in [1.807, 2.05) is 48.5 Å². The molecule has 7 nitrogen and oxygen atoms in total. The predicted molar refractivity (Wildman–Crippen MR) is 123 cm³/mol. The van der Waals surface area contributed by atoms with E-state index < -0.39 is 0 Å². The Balaban J connectivity index is 1.55. The minimum Gasteiger partial charge on any atom is -0.369 e. The van der Waals surface area contributed by atoms with Crippen molar-refractivity contribution in [1.29, 1.82) is 5.26 Å². The maximum atomic E-state index is 13.4. The highest BCUT2D eigenvalue weighted by molar-refractivity contribution is 5.92. The number of pyridine rings is 1. The van der Waals surface area contributed by atoms with Crippen LogP contribution in [0.25, 0.3) is 11.0 Å². The number of nitriles is 1. The summed E-state index contributed by atoms with van der Waals surface area (Å²) in [5.74, 6) is 0.459. The van der Waals surface area contributed by atoms with Crippen LogP contribution >= 0.6 is 0 Å². The molecule has 0 aliphatic carbocycles. The van der Waals surface area contributed by atoms with Gasteiger partial charge < -0.3 is 14.8 Å². The lowest BCUT2D eigenvalue weighted by Crippen LogP contribution is -2.55. The Kier molecular flexibility index (Phi) is 5.81. The lowest BCUT2D eigenvalue weighted by atomic mass is 9.92. The number of hydrogen-bond donors (Lipinski definition) is 1. The van der Waals surface area contributed by atoms with E-state index in [1.54, 1.807) is 17.0 Å². The van der Waals surface area contributed by atoms with Crippen LogP contribution in [0.3, 0.4) is 0 Å². The van der Waals surface area contributed by atoms with E-state index in [1.165, 1.54) is 0 Å². The van der Waals surface area contributed by atoms with Crippen molar-refractivity contribution in [3.8, 4) is 6.07 Å². The van der Waals surface area contributed by atoms with Gasteiger partial charge in [-0.05, 0) is 55.7 Å². The number of fused-ring (bicyclic) bond motifs is 1. The van der Waals surface area contributed by atoms with Gasteiger partial charge in [-0.25, -0.2) is 9.78 Å². The second-order valence-corrected chi connectivity index (χ2v) is 8.15. The number of anilines is 2. The molecule has 1 fully saturated rings. The van der Waals surface area contributed by atoms with E-state index in [2.05, 4.69) is 34.9 Å². The third kappa shape index (κ3) is 3.93. The van der Waals surface area contributed by atoms with E-state index in [9.17, 15) is 4.79 Å². The fourth-order valence-electron chi connectivity index (χ4n) is 4.47. The van der Waals surface area contributed by atoms with Gasteiger partial charge in [-0.1, -0.05) is 6.92 Å². The molecular weight excluding hydrogens is 388 g/mol. The Bertz CT molecular complexity index is 1100. The summed E-state index contributed by atoms with van der Waals surface area (Å²) in [7, 11) is 2.11. The first kappa shape index (κ1) is 20.7. The maximum absolute atomic E-state index is 13.4. The summed E-state index contributed by atoms with van der Waals surface area (Å²) in [4.78, 5) is 27.0. The van der Waals surface area contributed by atoms with Crippen LogP contribution in [-0.4, -0.2) is 53.6 Å². The molecule has 1 N–H and O–H groups in total. The first-order valence-corrected chi connectivity index (χ1v) is 10.7. The molecule has 1 aliphatic heterocycles. The number of carbonyl (C=O) groups excluding carboxylic acids is 1. The smallest absolute Gasteiger partial charge is 0.324 e. The summed E-state index contributed by atoms with van der Waals surface area (Å²) in [5.41, 5.74) is 3.41. The van der Waals surface area contributed by atoms with Crippen LogP contribution in [-0.2, 0) is 0 Å². The molecule has 2 unspecified atom stereocenters. The Morgan fingerprint density at radius 3 is 2.77 bits per heavy atom. The first-order valence-electron chi connectivity index (χ1n) is 10.7. The minimum absolute atomic E-state index is 0.0130. The van der Waals surface area contributed by atoms with Gasteiger partial charge in [-0.2, -0.15) is 5.26 Å². The summed E-state index contributed by atoms with van der Waals surface area (Å²) in [6, 6.07) is 13.6. The molecule has 0 saturated carbocycles. The number of amides is 2. The van der Waals surface area contributed by atoms with Gasteiger partial charge >= 0.3 is 6.03 Å². The van der Waals surface area contributed by atoms with E-state index in [4.69, 9.17) is 5.26 Å². The van der Waals surface area contributed by atoms with E-state index >= 15 is 0 Å². The molecule has 1 aromatic carbocycles. The zero-order valence-electron chi connectivity index (χ0n) is 18.2. The number of hydrogen-bond acceptors (Lipinski definition) is 4. The lowest BCUT2D eigenvalue weighted by Gasteiger charge is -2.43. The summed E-state index contributed by atoms with van der Waals surface area (Å²) in [5, 5.41) is 10.1. The standard InChI is InChI=1S/C24H28N6O/c1-4-30(19-7-5-18(15-25)6-8-19)24(31)29-14-11-17(2)22(16-29)28(3)21-10-13-27-23-20(21)9-12-26-23/h5-10,12-13,17,22H,4,11,14,16H2,1-3H3,(H,26,27). The Morgan fingerprint density at radius 1 is 1.29 bits per heavy atom. The van der Waals surface area contributed by atoms with Crippen molar-refractivity contribution in [1.82, 2.24) is 14.9 Å².